The Morgan fingerprint density at radius 1 is 1.32 bits per heavy atom. The molecule has 4 rings (SSSR count). The van der Waals surface area contributed by atoms with Crippen molar-refractivity contribution in [3.63, 3.8) is 0 Å². The van der Waals surface area contributed by atoms with Gasteiger partial charge in [-0.1, -0.05) is 11.8 Å². The maximum absolute atomic E-state index is 13.2. The number of amides is 2. The summed E-state index contributed by atoms with van der Waals surface area (Å²) in [7, 11) is 0. The molecule has 128 valence electrons. The van der Waals surface area contributed by atoms with E-state index in [9.17, 15) is 14.0 Å². The number of nitrogens with one attached hydrogen (secondary N) is 1. The Bertz CT molecular complexity index is 887. The second kappa shape index (κ2) is 6.15. The van der Waals surface area contributed by atoms with Crippen molar-refractivity contribution in [1.82, 2.24) is 10.3 Å². The van der Waals surface area contributed by atoms with Crippen LogP contribution < -0.4 is 10.1 Å². The van der Waals surface area contributed by atoms with Crippen molar-refractivity contribution >= 4 is 22.9 Å². The van der Waals surface area contributed by atoms with Gasteiger partial charge in [0.05, 0.1) is 6.20 Å². The number of thioether (sulfide) groups is 1. The molecule has 1 unspecified atom stereocenters. The number of hydrogen-bond acceptors (Lipinski definition) is 5. The van der Waals surface area contributed by atoms with Gasteiger partial charge in [0.1, 0.15) is 22.6 Å². The van der Waals surface area contributed by atoms with E-state index < -0.39 is 5.25 Å². The van der Waals surface area contributed by atoms with E-state index in [1.54, 1.807) is 19.2 Å². The number of carbonyl (C=O) groups excluding carboxylic acids is 2. The van der Waals surface area contributed by atoms with Crippen LogP contribution in [0.4, 0.5) is 9.18 Å². The van der Waals surface area contributed by atoms with Gasteiger partial charge in [0.15, 0.2) is 0 Å². The van der Waals surface area contributed by atoms with Crippen LogP contribution in [0.5, 0.6) is 11.5 Å². The molecule has 2 aliphatic rings. The van der Waals surface area contributed by atoms with E-state index in [2.05, 4.69) is 10.3 Å². The Labute approximate surface area is 148 Å². The molecule has 1 saturated heterocycles. The lowest BCUT2D eigenvalue weighted by Crippen LogP contribution is -2.28. The molecule has 1 aliphatic carbocycles. The number of imide groups is 1. The Balaban J connectivity index is 1.57. The van der Waals surface area contributed by atoms with Crippen LogP contribution in [-0.4, -0.2) is 21.4 Å². The first-order chi connectivity index (χ1) is 12.0. The zero-order valence-electron chi connectivity index (χ0n) is 13.4. The molecule has 0 spiro atoms. The van der Waals surface area contributed by atoms with Crippen molar-refractivity contribution in [2.45, 2.75) is 30.9 Å². The molecule has 2 aromatic rings. The average molecular weight is 358 g/mol. The molecule has 0 radical (unpaired) electrons. The first kappa shape index (κ1) is 16.1. The van der Waals surface area contributed by atoms with Crippen LogP contribution in [0.15, 0.2) is 30.5 Å². The van der Waals surface area contributed by atoms with E-state index in [4.69, 9.17) is 4.74 Å². The van der Waals surface area contributed by atoms with Crippen LogP contribution in [-0.2, 0) is 11.2 Å². The molecule has 25 heavy (non-hydrogen) atoms. The van der Waals surface area contributed by atoms with Gasteiger partial charge in [0, 0.05) is 11.6 Å². The number of rotatable bonds is 3. The number of benzene rings is 1. The molecule has 2 heterocycles. The predicted octanol–water partition coefficient (Wildman–Crippen LogP) is 3.70. The summed E-state index contributed by atoms with van der Waals surface area (Å²) in [5.74, 6) is 0.550. The van der Waals surface area contributed by atoms with Crippen LogP contribution in [0.3, 0.4) is 0 Å². The fraction of sp³-hybridized carbons (Fsp3) is 0.278. The molecule has 2 amide bonds. The minimum atomic E-state index is -0.410. The van der Waals surface area contributed by atoms with Gasteiger partial charge in [-0.05, 0) is 55.2 Å². The molecule has 7 heteroatoms. The van der Waals surface area contributed by atoms with Gasteiger partial charge in [-0.2, -0.15) is 0 Å². The number of carbonyl (C=O) groups is 2. The van der Waals surface area contributed by atoms with Crippen molar-refractivity contribution in [3.05, 3.63) is 53.1 Å². The third-order valence-corrected chi connectivity index (χ3v) is 5.61. The monoisotopic (exact) mass is 358 g/mol. The molecule has 1 aromatic heterocycles. The molecule has 0 bridgehead atoms. The minimum absolute atomic E-state index is 0.0620. The summed E-state index contributed by atoms with van der Waals surface area (Å²) in [6.45, 7) is 1.78. The molecular weight excluding hydrogens is 343 g/mol. The summed E-state index contributed by atoms with van der Waals surface area (Å²) in [5.41, 5.74) is 2.58. The molecule has 5 nitrogen and oxygen atoms in total. The molecule has 2 atom stereocenters. The van der Waals surface area contributed by atoms with Gasteiger partial charge in [-0.25, -0.2) is 4.39 Å². The highest BCUT2D eigenvalue weighted by Gasteiger charge is 2.42. The second-order valence-electron chi connectivity index (χ2n) is 6.19. The average Bonchev–Trinajstić information content (AvgIpc) is 3.12. The lowest BCUT2D eigenvalue weighted by Gasteiger charge is -2.15. The van der Waals surface area contributed by atoms with Crippen LogP contribution >= 0.6 is 11.8 Å². The first-order valence-corrected chi connectivity index (χ1v) is 8.83. The summed E-state index contributed by atoms with van der Waals surface area (Å²) in [6, 6.07) is 6.27. The molecule has 1 N–H and O–H groups in total. The van der Waals surface area contributed by atoms with Gasteiger partial charge in [-0.3, -0.25) is 19.9 Å². The summed E-state index contributed by atoms with van der Waals surface area (Å²) in [4.78, 5) is 27.8. The molecule has 0 saturated carbocycles. The van der Waals surface area contributed by atoms with E-state index in [0.29, 0.717) is 17.1 Å². The van der Waals surface area contributed by atoms with Crippen molar-refractivity contribution in [2.24, 2.45) is 0 Å². The van der Waals surface area contributed by atoms with Crippen molar-refractivity contribution in [1.29, 1.82) is 0 Å². The van der Waals surface area contributed by atoms with E-state index in [-0.39, 0.29) is 22.9 Å². The quantitative estimate of drug-likeness (QED) is 0.906. The van der Waals surface area contributed by atoms with Gasteiger partial charge >= 0.3 is 0 Å². The smallest absolute Gasteiger partial charge is 0.286 e. The van der Waals surface area contributed by atoms with E-state index in [1.165, 1.54) is 12.1 Å². The zero-order chi connectivity index (χ0) is 17.6. The highest BCUT2D eigenvalue weighted by atomic mass is 32.2. The molecule has 1 aliphatic heterocycles. The van der Waals surface area contributed by atoms with Crippen molar-refractivity contribution in [3.8, 4) is 11.5 Å². The Hall–Kier alpha value is -2.41. The summed E-state index contributed by atoms with van der Waals surface area (Å²) in [5, 5.41) is 1.63. The van der Waals surface area contributed by atoms with Crippen molar-refractivity contribution < 1.29 is 18.7 Å². The maximum Gasteiger partial charge on any atom is 0.286 e. The summed E-state index contributed by atoms with van der Waals surface area (Å²) in [6.07, 6.45) is 3.17. The zero-order valence-corrected chi connectivity index (χ0v) is 14.2. The molecule has 1 fully saturated rings. The van der Waals surface area contributed by atoms with E-state index >= 15 is 0 Å². The summed E-state index contributed by atoms with van der Waals surface area (Å²) >= 11 is 1.04. The van der Waals surface area contributed by atoms with Gasteiger partial charge in [0.2, 0.25) is 5.91 Å². The molecular formula is C18H15FN2O3S. The van der Waals surface area contributed by atoms with Crippen LogP contribution in [0.1, 0.15) is 29.2 Å². The predicted molar refractivity (Wildman–Crippen MR) is 91.4 cm³/mol. The Morgan fingerprint density at radius 2 is 2.16 bits per heavy atom. The number of halogens is 1. The normalized spacial score (nSPS) is 22.0. The number of hydrogen-bond donors (Lipinski definition) is 1. The van der Waals surface area contributed by atoms with Crippen LogP contribution in [0, 0.1) is 12.7 Å². The second-order valence-corrected chi connectivity index (χ2v) is 7.30. The van der Waals surface area contributed by atoms with E-state index in [0.717, 1.165) is 35.9 Å². The molecule has 1 aromatic carbocycles. The fourth-order valence-corrected chi connectivity index (χ4v) is 4.31. The number of nitrogens with zero attached hydrogens (tertiary/aromatic N) is 1. The summed E-state index contributed by atoms with van der Waals surface area (Å²) < 4.78 is 19.0. The number of aryl methyl sites for hydroxylation is 2. The standard InChI is InChI=1S/C18H15FN2O3S/c1-9-6-11(19)3-5-14(9)24-12-7-10-2-4-13(15(10)20-8-12)16-17(22)21-18(23)25-16/h3,5-8,13,16H,2,4H2,1H3,(H,21,22,23)/t13-,16?/m1/s1. The first-order valence-electron chi connectivity index (χ1n) is 7.95. The minimum Gasteiger partial charge on any atom is -0.455 e. The largest absolute Gasteiger partial charge is 0.455 e. The highest BCUT2D eigenvalue weighted by molar-refractivity contribution is 8.15. The SMILES string of the molecule is Cc1cc(F)ccc1Oc1cnc2c(c1)CC[C@H]2C1SC(=O)NC1=O. The van der Waals surface area contributed by atoms with Crippen LogP contribution in [0.25, 0.3) is 0 Å². The van der Waals surface area contributed by atoms with Crippen molar-refractivity contribution in [2.75, 3.05) is 0 Å². The lowest BCUT2D eigenvalue weighted by molar-refractivity contribution is -0.119. The fourth-order valence-electron chi connectivity index (χ4n) is 3.32. The van der Waals surface area contributed by atoms with Gasteiger partial charge in [0.25, 0.3) is 5.24 Å². The maximum atomic E-state index is 13.2. The van der Waals surface area contributed by atoms with Crippen LogP contribution in [0.2, 0.25) is 0 Å². The number of ether oxygens (including phenoxy) is 1. The third kappa shape index (κ3) is 3.00. The highest BCUT2D eigenvalue weighted by Crippen LogP contribution is 2.42. The third-order valence-electron chi connectivity index (χ3n) is 4.50. The number of aromatic nitrogens is 1. The topological polar surface area (TPSA) is 68.3 Å². The van der Waals surface area contributed by atoms with Gasteiger partial charge in [-0.15, -0.1) is 0 Å². The lowest BCUT2D eigenvalue weighted by atomic mass is 10.0. The number of fused-ring (bicyclic) bond motifs is 1. The Morgan fingerprint density at radius 3 is 2.88 bits per heavy atom. The number of pyridine rings is 1. The Kier molecular flexibility index (Phi) is 3.95. The van der Waals surface area contributed by atoms with E-state index in [1.807, 2.05) is 6.07 Å². The van der Waals surface area contributed by atoms with Gasteiger partial charge < -0.3 is 4.74 Å².